The van der Waals surface area contributed by atoms with E-state index < -0.39 is 17.7 Å². The fraction of sp³-hybridized carbons (Fsp3) is 0.617. The fourth-order valence-corrected chi connectivity index (χ4v) is 10.1. The maximum atomic E-state index is 17.4. The highest BCUT2D eigenvalue weighted by Gasteiger charge is 2.48. The van der Waals surface area contributed by atoms with Crippen molar-refractivity contribution >= 4 is 33.6 Å². The number of β-amino-alcohol motifs (C(OH)–C–C–N with tert-alkyl or cyclic N) is 1. The van der Waals surface area contributed by atoms with Crippen molar-refractivity contribution in [3.05, 3.63) is 74.3 Å². The summed E-state index contributed by atoms with van der Waals surface area (Å²) in [5, 5.41) is 30.3. The van der Waals surface area contributed by atoms with Crippen LogP contribution in [0.4, 0.5) is 13.8 Å². The number of nitrogens with two attached hydrogens (primary N) is 1. The van der Waals surface area contributed by atoms with Gasteiger partial charge in [0.1, 0.15) is 28.6 Å². The Hall–Kier alpha value is -3.64. The van der Waals surface area contributed by atoms with Crippen LogP contribution in [0.15, 0.2) is 29.6 Å². The van der Waals surface area contributed by atoms with E-state index in [9.17, 15) is 15.5 Å². The molecule has 0 spiro atoms. The average Bonchev–Trinajstić information content (AvgIpc) is 3.53. The maximum Gasteiger partial charge on any atom is 0.211 e. The predicted molar refractivity (Wildman–Crippen MR) is 238 cm³/mol. The Morgan fingerprint density at radius 3 is 2.32 bits per heavy atom. The first kappa shape index (κ1) is 45.9. The normalized spacial score (nSPS) is 23.1. The summed E-state index contributed by atoms with van der Waals surface area (Å²) in [6.45, 7) is 20.8. The van der Waals surface area contributed by atoms with Crippen molar-refractivity contribution in [3.63, 3.8) is 0 Å². The topological polar surface area (TPSA) is 131 Å². The molecule has 1 aromatic carbocycles. The smallest absolute Gasteiger partial charge is 0.211 e. The molecule has 1 saturated carbocycles. The molecule has 2 aromatic rings. The minimum Gasteiger partial charge on any atom is -0.477 e. The minimum absolute atomic E-state index is 0.0121. The Kier molecular flexibility index (Phi) is 15.3. The first-order valence-electron chi connectivity index (χ1n) is 22.1. The van der Waals surface area contributed by atoms with Crippen LogP contribution in [0.5, 0.6) is 0 Å². The number of nitriles is 1. The number of halogens is 2. The number of unbranched alkanes of at least 4 members (excludes halogenated alkanes) is 2. The van der Waals surface area contributed by atoms with E-state index in [0.29, 0.717) is 41.6 Å². The molecular formula is C47H66F2N6O4S. The largest absolute Gasteiger partial charge is 0.477 e. The highest BCUT2D eigenvalue weighted by Crippen LogP contribution is 2.49. The molecule has 7 rings (SSSR count). The predicted octanol–water partition coefficient (Wildman–Crippen LogP) is 8.66. The molecule has 3 saturated heterocycles. The van der Waals surface area contributed by atoms with E-state index in [-0.39, 0.29) is 75.5 Å². The molecule has 4 unspecified atom stereocenters. The second-order valence-electron chi connectivity index (χ2n) is 17.4. The van der Waals surface area contributed by atoms with Crippen molar-refractivity contribution in [1.29, 1.82) is 5.26 Å². The summed E-state index contributed by atoms with van der Waals surface area (Å²) >= 11 is 0.953. The number of aliphatic hydroxyl groups is 2. The van der Waals surface area contributed by atoms with Crippen molar-refractivity contribution in [3.8, 4) is 6.07 Å². The minimum atomic E-state index is -0.557. The molecule has 5 heterocycles. The van der Waals surface area contributed by atoms with Crippen molar-refractivity contribution < 1.29 is 28.5 Å². The summed E-state index contributed by atoms with van der Waals surface area (Å²) < 4.78 is 45.5. The van der Waals surface area contributed by atoms with Gasteiger partial charge in [-0.3, -0.25) is 9.80 Å². The third-order valence-electron chi connectivity index (χ3n) is 12.9. The van der Waals surface area contributed by atoms with Crippen LogP contribution in [0.2, 0.25) is 0 Å². The van der Waals surface area contributed by atoms with Crippen molar-refractivity contribution in [2.75, 3.05) is 51.7 Å². The van der Waals surface area contributed by atoms with E-state index in [0.717, 1.165) is 88.0 Å². The second kappa shape index (κ2) is 20.0. The third kappa shape index (κ3) is 9.54. The number of aliphatic hydroxyl groups excluding tert-OH is 2. The number of fused-ring (bicyclic) bond motifs is 3. The molecule has 2 bridgehead atoms. The van der Waals surface area contributed by atoms with Crippen LogP contribution in [0.25, 0.3) is 11.4 Å². The van der Waals surface area contributed by atoms with Crippen LogP contribution in [-0.4, -0.2) is 101 Å². The summed E-state index contributed by atoms with van der Waals surface area (Å²) in [5.74, 6) is 0.0876. The van der Waals surface area contributed by atoms with Crippen LogP contribution in [0.3, 0.4) is 0 Å². The van der Waals surface area contributed by atoms with E-state index in [2.05, 4.69) is 48.1 Å². The van der Waals surface area contributed by atoms with Gasteiger partial charge in [-0.15, -0.1) is 11.3 Å². The van der Waals surface area contributed by atoms with Crippen LogP contribution >= 0.6 is 11.3 Å². The fourth-order valence-electron chi connectivity index (χ4n) is 9.12. The Bertz CT molecular complexity index is 2000. The Balaban J connectivity index is 0.00000144. The standard InChI is InChI=1S/C43H56F2N6O4S.C4H10/c1-6-8-9-35(55-24-43(13-14-43)23-50-15-12-30(50)20-52)48-42(51-28-10-11-29(51)19-49(18-28)17-25(3)53)38-27(5)39(45)36(32-21-54-22-33(32)38)26(4)37-31(16-46)41(47)56-40(37)34(44)7-2;1-3-4-2/h7,9,25,28-30,52-53H,4,6,8,10-15,17-24,47H2,1-3,5H3;3-4H2,1-2H3/b34-7+,35-9-,48-42+;. The molecule has 4 aliphatic heterocycles. The summed E-state index contributed by atoms with van der Waals surface area (Å²) in [4.78, 5) is 12.6. The Morgan fingerprint density at radius 2 is 1.78 bits per heavy atom. The van der Waals surface area contributed by atoms with Gasteiger partial charge < -0.3 is 30.3 Å². The second-order valence-corrected chi connectivity index (χ2v) is 18.5. The maximum absolute atomic E-state index is 17.4. The van der Waals surface area contributed by atoms with Gasteiger partial charge in [0.2, 0.25) is 5.88 Å². The molecule has 328 valence electrons. The van der Waals surface area contributed by atoms with Gasteiger partial charge >= 0.3 is 0 Å². The SMILES string of the molecule is C=C(c1c(/C(F)=C\C)sc(N)c1C#N)c1c(F)c(C)c(/C(=N\C(=C\CCC)OCC2(CN3CCC3CO)CC2)N2C3CCC2CN(CC(C)O)C3)c2c1COC2.CCCC. The summed E-state index contributed by atoms with van der Waals surface area (Å²) in [7, 11) is 0. The number of benzene rings is 1. The highest BCUT2D eigenvalue weighted by molar-refractivity contribution is 7.17. The molecular weight excluding hydrogens is 783 g/mol. The average molecular weight is 849 g/mol. The van der Waals surface area contributed by atoms with Crippen LogP contribution in [0.1, 0.15) is 136 Å². The molecule has 10 nitrogen and oxygen atoms in total. The number of thiophene rings is 1. The third-order valence-corrected chi connectivity index (χ3v) is 13.9. The first-order valence-corrected chi connectivity index (χ1v) is 22.9. The molecule has 4 fully saturated rings. The number of piperazine rings is 1. The highest BCUT2D eigenvalue weighted by atomic mass is 32.1. The number of rotatable bonds is 16. The lowest BCUT2D eigenvalue weighted by molar-refractivity contribution is 0.0110. The van der Waals surface area contributed by atoms with Gasteiger partial charge in [-0.1, -0.05) is 52.7 Å². The molecule has 4 atom stereocenters. The van der Waals surface area contributed by atoms with Crippen LogP contribution in [0, 0.1) is 29.5 Å². The quantitative estimate of drug-likeness (QED) is 0.0864. The molecule has 13 heteroatoms. The van der Waals surface area contributed by atoms with Crippen molar-refractivity contribution in [2.45, 2.75) is 137 Å². The molecule has 60 heavy (non-hydrogen) atoms. The van der Waals surface area contributed by atoms with Gasteiger partial charge in [-0.05, 0) is 87.6 Å². The molecule has 0 radical (unpaired) electrons. The van der Waals surface area contributed by atoms with E-state index in [1.54, 1.807) is 13.8 Å². The van der Waals surface area contributed by atoms with Crippen LogP contribution < -0.4 is 5.73 Å². The van der Waals surface area contributed by atoms with E-state index in [4.69, 9.17) is 20.2 Å². The van der Waals surface area contributed by atoms with Gasteiger partial charge in [-0.25, -0.2) is 8.78 Å². The number of aliphatic imine (C=N–C) groups is 1. The lowest BCUT2D eigenvalue weighted by Crippen LogP contribution is -2.57. The zero-order valence-corrected chi connectivity index (χ0v) is 37.4. The Morgan fingerprint density at radius 1 is 1.12 bits per heavy atom. The van der Waals surface area contributed by atoms with E-state index in [1.807, 2.05) is 13.0 Å². The number of likely N-dealkylation sites (tertiary alicyclic amines) is 2. The molecule has 5 aliphatic rings. The lowest BCUT2D eigenvalue weighted by atomic mass is 9.85. The Labute approximate surface area is 360 Å². The van der Waals surface area contributed by atoms with Gasteiger partial charge in [-0.2, -0.15) is 10.3 Å². The van der Waals surface area contributed by atoms with Gasteiger partial charge in [0.05, 0.1) is 43.0 Å². The van der Waals surface area contributed by atoms with Crippen LogP contribution in [-0.2, 0) is 22.7 Å². The zero-order valence-electron chi connectivity index (χ0n) is 36.6. The van der Waals surface area contributed by atoms with E-state index in [1.165, 1.54) is 18.9 Å². The number of nitrogen functional groups attached to an aromatic ring is 1. The number of allylic oxidation sites excluding steroid dienone is 2. The number of ether oxygens (including phenoxy) is 2. The van der Waals surface area contributed by atoms with E-state index >= 15 is 8.78 Å². The monoisotopic (exact) mass is 848 g/mol. The van der Waals surface area contributed by atoms with Gasteiger partial charge in [0, 0.05) is 73.0 Å². The number of amidine groups is 1. The summed E-state index contributed by atoms with van der Waals surface area (Å²) in [6.07, 6.45) is 12.2. The lowest BCUT2D eigenvalue weighted by Gasteiger charge is -2.44. The molecule has 4 N–H and O–H groups in total. The summed E-state index contributed by atoms with van der Waals surface area (Å²) in [6, 6.07) is 2.49. The van der Waals surface area contributed by atoms with Gasteiger partial charge in [0.25, 0.3) is 0 Å². The molecule has 1 aromatic heterocycles. The first-order chi connectivity index (χ1) is 28.8. The zero-order chi connectivity index (χ0) is 43.3. The number of hydrogen-bond donors (Lipinski definition) is 3. The molecule has 0 amide bonds. The number of hydrogen-bond acceptors (Lipinski definition) is 10. The van der Waals surface area contributed by atoms with Crippen molar-refractivity contribution in [1.82, 2.24) is 14.7 Å². The number of anilines is 1. The summed E-state index contributed by atoms with van der Waals surface area (Å²) in [5.41, 5.74) is 9.31. The molecule has 1 aliphatic carbocycles. The number of nitrogens with zero attached hydrogens (tertiary/aromatic N) is 5. The van der Waals surface area contributed by atoms with Crippen molar-refractivity contribution in [2.24, 2.45) is 10.4 Å². The van der Waals surface area contributed by atoms with Gasteiger partial charge in [0.15, 0.2) is 0 Å².